The van der Waals surface area contributed by atoms with E-state index in [9.17, 15) is 14.7 Å². The number of aromatic carboxylic acids is 1. The first-order chi connectivity index (χ1) is 13.6. The van der Waals surface area contributed by atoms with Crippen LogP contribution in [0.15, 0.2) is 6.07 Å². The first-order valence-electron chi connectivity index (χ1n) is 11.0. The smallest absolute Gasteiger partial charge is 0.336 e. The van der Waals surface area contributed by atoms with Crippen LogP contribution in [0.4, 0.5) is 0 Å². The van der Waals surface area contributed by atoms with Gasteiger partial charge in [0.1, 0.15) is 11.4 Å². The lowest BCUT2D eigenvalue weighted by Gasteiger charge is -2.66. The predicted octanol–water partition coefficient (Wildman–Crippen LogP) is 4.56. The maximum atomic E-state index is 12.4. The predicted molar refractivity (Wildman–Crippen MR) is 109 cm³/mol. The molecule has 2 heterocycles. The first-order valence-corrected chi connectivity index (χ1v) is 11.0. The molecule has 1 aromatic carbocycles. The van der Waals surface area contributed by atoms with Gasteiger partial charge in [0, 0.05) is 23.4 Å². The lowest BCUT2D eigenvalue weighted by molar-refractivity contribution is -0.210. The largest absolute Gasteiger partial charge is 0.486 e. The molecule has 0 saturated heterocycles. The first kappa shape index (κ1) is 19.0. The monoisotopic (exact) mass is 397 g/mol. The Morgan fingerprint density at radius 2 is 2.00 bits per heavy atom. The van der Waals surface area contributed by atoms with Gasteiger partial charge < -0.3 is 15.2 Å². The van der Waals surface area contributed by atoms with E-state index in [0.29, 0.717) is 23.9 Å². The zero-order chi connectivity index (χ0) is 20.8. The molecule has 0 radical (unpaired) electrons. The Bertz CT molecular complexity index is 935. The van der Waals surface area contributed by atoms with Gasteiger partial charge in [0.25, 0.3) is 5.91 Å². The minimum atomic E-state index is -1.04. The zero-order valence-electron chi connectivity index (χ0n) is 17.9. The highest BCUT2D eigenvalue weighted by molar-refractivity contribution is 6.08. The van der Waals surface area contributed by atoms with E-state index in [1.54, 1.807) is 6.07 Å². The minimum absolute atomic E-state index is 0.0410. The molecular formula is C24H31NO4. The summed E-state index contributed by atoms with van der Waals surface area (Å²) in [6, 6.07) is 1.71. The number of benzene rings is 1. The number of nitrogens with one attached hydrogen (secondary N) is 1. The number of fused-ring (bicyclic) bond motifs is 3. The van der Waals surface area contributed by atoms with Crippen LogP contribution in [0.1, 0.15) is 91.6 Å². The summed E-state index contributed by atoms with van der Waals surface area (Å²) in [6.07, 6.45) is 6.58. The average Bonchev–Trinajstić information content (AvgIpc) is 3.02. The van der Waals surface area contributed by atoms with Gasteiger partial charge >= 0.3 is 5.97 Å². The fourth-order valence-electron chi connectivity index (χ4n) is 7.28. The van der Waals surface area contributed by atoms with Crippen LogP contribution in [-0.2, 0) is 13.0 Å². The maximum absolute atomic E-state index is 12.4. The van der Waals surface area contributed by atoms with Gasteiger partial charge in [0.2, 0.25) is 0 Å². The van der Waals surface area contributed by atoms with Crippen molar-refractivity contribution in [3.8, 4) is 5.75 Å². The van der Waals surface area contributed by atoms with Crippen LogP contribution >= 0.6 is 0 Å². The van der Waals surface area contributed by atoms with Gasteiger partial charge in [-0.1, -0.05) is 27.7 Å². The second kappa shape index (κ2) is 5.77. The van der Waals surface area contributed by atoms with E-state index in [2.05, 4.69) is 33.0 Å². The van der Waals surface area contributed by atoms with Crippen LogP contribution in [0.2, 0.25) is 0 Å². The SMILES string of the molecule is C[C@H]1CC[C@H]2C(C)(C)CCC[C@]23Oc2c(cc(C(=O)O)c4c2CNC4=O)C[C@]13C. The van der Waals surface area contributed by atoms with Gasteiger partial charge in [-0.25, -0.2) is 4.79 Å². The summed E-state index contributed by atoms with van der Waals surface area (Å²) >= 11 is 0. The Morgan fingerprint density at radius 1 is 1.24 bits per heavy atom. The molecule has 0 bridgehead atoms. The van der Waals surface area contributed by atoms with Crippen molar-refractivity contribution >= 4 is 11.9 Å². The van der Waals surface area contributed by atoms with Crippen molar-refractivity contribution in [3.05, 3.63) is 28.3 Å². The van der Waals surface area contributed by atoms with Crippen molar-refractivity contribution in [1.29, 1.82) is 0 Å². The Hall–Kier alpha value is -2.04. The molecule has 4 aliphatic rings. The highest BCUT2D eigenvalue weighted by Crippen LogP contribution is 2.66. The minimum Gasteiger partial charge on any atom is -0.486 e. The molecule has 29 heavy (non-hydrogen) atoms. The lowest BCUT2D eigenvalue weighted by atomic mass is 9.44. The maximum Gasteiger partial charge on any atom is 0.336 e. The fraction of sp³-hybridized carbons (Fsp3) is 0.667. The molecule has 1 amide bonds. The van der Waals surface area contributed by atoms with Crippen molar-refractivity contribution in [3.63, 3.8) is 0 Å². The molecule has 2 aliphatic heterocycles. The Kier molecular flexibility index (Phi) is 3.77. The van der Waals surface area contributed by atoms with Crippen LogP contribution in [0.3, 0.4) is 0 Å². The van der Waals surface area contributed by atoms with Gasteiger partial charge in [0.05, 0.1) is 11.1 Å². The second-order valence-corrected chi connectivity index (χ2v) is 10.7. The second-order valence-electron chi connectivity index (χ2n) is 10.7. The molecule has 0 aromatic heterocycles. The molecule has 5 rings (SSSR count). The number of rotatable bonds is 1. The Morgan fingerprint density at radius 3 is 2.72 bits per heavy atom. The third kappa shape index (κ3) is 2.27. The highest BCUT2D eigenvalue weighted by Gasteiger charge is 2.66. The van der Waals surface area contributed by atoms with Crippen LogP contribution in [0.5, 0.6) is 5.75 Å². The zero-order valence-corrected chi connectivity index (χ0v) is 17.9. The van der Waals surface area contributed by atoms with E-state index >= 15 is 0 Å². The van der Waals surface area contributed by atoms with E-state index in [4.69, 9.17) is 4.74 Å². The quantitative estimate of drug-likeness (QED) is 0.728. The number of hydrogen-bond donors (Lipinski definition) is 2. The van der Waals surface area contributed by atoms with Crippen molar-refractivity contribution in [2.75, 3.05) is 0 Å². The molecule has 2 aliphatic carbocycles. The molecule has 156 valence electrons. The lowest BCUT2D eigenvalue weighted by Crippen LogP contribution is -2.68. The molecular weight excluding hydrogens is 366 g/mol. The van der Waals surface area contributed by atoms with E-state index < -0.39 is 5.97 Å². The number of hydrogen-bond acceptors (Lipinski definition) is 3. The molecule has 1 spiro atoms. The molecule has 0 unspecified atom stereocenters. The van der Waals surface area contributed by atoms with E-state index in [1.165, 1.54) is 19.3 Å². The Labute approximate surface area is 172 Å². The van der Waals surface area contributed by atoms with E-state index in [0.717, 1.165) is 36.1 Å². The summed E-state index contributed by atoms with van der Waals surface area (Å²) in [4.78, 5) is 24.3. The summed E-state index contributed by atoms with van der Waals surface area (Å²) < 4.78 is 7.08. The average molecular weight is 398 g/mol. The molecule has 2 fully saturated rings. The summed E-state index contributed by atoms with van der Waals surface area (Å²) in [5, 5.41) is 12.6. The molecule has 1 aromatic rings. The molecule has 5 nitrogen and oxygen atoms in total. The summed E-state index contributed by atoms with van der Waals surface area (Å²) in [5.41, 5.74) is 2.05. The van der Waals surface area contributed by atoms with E-state index in [-0.39, 0.29) is 27.9 Å². The van der Waals surface area contributed by atoms with Crippen molar-refractivity contribution in [2.45, 2.75) is 78.4 Å². The van der Waals surface area contributed by atoms with Crippen molar-refractivity contribution in [1.82, 2.24) is 5.32 Å². The number of amides is 1. The van der Waals surface area contributed by atoms with Gasteiger partial charge in [-0.15, -0.1) is 0 Å². The number of carboxylic acids is 1. The molecule has 5 heteroatoms. The summed E-state index contributed by atoms with van der Waals surface area (Å²) in [7, 11) is 0. The van der Waals surface area contributed by atoms with Crippen molar-refractivity contribution in [2.24, 2.45) is 22.7 Å². The highest BCUT2D eigenvalue weighted by atomic mass is 16.5. The van der Waals surface area contributed by atoms with Crippen LogP contribution in [0.25, 0.3) is 0 Å². The van der Waals surface area contributed by atoms with Gasteiger partial charge in [0.15, 0.2) is 0 Å². The van der Waals surface area contributed by atoms with Crippen molar-refractivity contribution < 1.29 is 19.4 Å². The number of carboxylic acid groups (broad SMARTS) is 1. The standard InChI is InChI=1S/C24H31NO4/c1-13-6-7-17-22(2,3)8-5-9-24(17)23(13,4)11-14-10-15(21(27)28)18-16(19(14)29-24)12-25-20(18)26/h10,13,17H,5-9,11-12H2,1-4H3,(H,25,26)(H,27,28)/t13-,17-,23+,24-/m0/s1. The van der Waals surface area contributed by atoms with Crippen LogP contribution in [0, 0.1) is 22.7 Å². The van der Waals surface area contributed by atoms with Gasteiger partial charge in [-0.05, 0) is 61.5 Å². The van der Waals surface area contributed by atoms with Crippen LogP contribution < -0.4 is 10.1 Å². The summed E-state index contributed by atoms with van der Waals surface area (Å²) in [5.74, 6) is 0.421. The molecule has 2 saturated carbocycles. The van der Waals surface area contributed by atoms with Crippen LogP contribution in [-0.4, -0.2) is 22.6 Å². The number of ether oxygens (including phenoxy) is 1. The topological polar surface area (TPSA) is 75.6 Å². The molecule has 2 N–H and O–H groups in total. The molecule has 4 atom stereocenters. The Balaban J connectivity index is 1.74. The van der Waals surface area contributed by atoms with Gasteiger partial charge in [-0.2, -0.15) is 0 Å². The summed E-state index contributed by atoms with van der Waals surface area (Å²) in [6.45, 7) is 9.83. The fourth-order valence-corrected chi connectivity index (χ4v) is 7.28. The third-order valence-corrected chi connectivity index (χ3v) is 9.00. The number of carbonyl (C=O) groups excluding carboxylic acids is 1. The van der Waals surface area contributed by atoms with E-state index in [1.807, 2.05) is 0 Å². The normalized spacial score (nSPS) is 36.8. The third-order valence-electron chi connectivity index (χ3n) is 9.00. The number of carbonyl (C=O) groups is 2. The van der Waals surface area contributed by atoms with Gasteiger partial charge in [-0.3, -0.25) is 4.79 Å².